The van der Waals surface area contributed by atoms with E-state index in [1.807, 2.05) is 38.1 Å². The quantitative estimate of drug-likeness (QED) is 0.679. The second-order valence-corrected chi connectivity index (χ2v) is 5.92. The molecule has 106 valence electrons. The van der Waals surface area contributed by atoms with E-state index in [4.69, 9.17) is 27.9 Å². The maximum atomic E-state index is 6.58. The monoisotopic (exact) mass is 308 g/mol. The van der Waals surface area contributed by atoms with Crippen LogP contribution in [0, 0.1) is 13.8 Å². The lowest BCUT2D eigenvalue weighted by Crippen LogP contribution is -2.00. The lowest BCUT2D eigenvalue weighted by Gasteiger charge is -2.15. The highest BCUT2D eigenvalue weighted by Gasteiger charge is 2.13. The minimum Gasteiger partial charge on any atom is -0.497 e. The highest BCUT2D eigenvalue weighted by molar-refractivity contribution is 6.31. The Bertz CT molecular complexity index is 608. The van der Waals surface area contributed by atoms with Gasteiger partial charge in [-0.3, -0.25) is 0 Å². The smallest absolute Gasteiger partial charge is 0.119 e. The lowest BCUT2D eigenvalue weighted by atomic mass is 9.98. The van der Waals surface area contributed by atoms with Gasteiger partial charge in [-0.2, -0.15) is 0 Å². The Morgan fingerprint density at radius 2 is 1.85 bits per heavy atom. The highest BCUT2D eigenvalue weighted by atomic mass is 35.5. The molecular weight excluding hydrogens is 291 g/mol. The van der Waals surface area contributed by atoms with Crippen LogP contribution in [0.5, 0.6) is 5.75 Å². The average Bonchev–Trinajstić information content (AvgIpc) is 2.43. The van der Waals surface area contributed by atoms with Crippen molar-refractivity contribution in [2.75, 3.05) is 7.11 Å². The Balaban J connectivity index is 2.23. The van der Waals surface area contributed by atoms with Gasteiger partial charge in [-0.15, -0.1) is 11.6 Å². The molecule has 0 fully saturated rings. The van der Waals surface area contributed by atoms with Gasteiger partial charge >= 0.3 is 0 Å². The first-order valence-electron chi connectivity index (χ1n) is 6.55. The maximum absolute atomic E-state index is 6.58. The second kappa shape index (κ2) is 6.51. The molecular formula is C17H18Cl2O. The minimum atomic E-state index is -0.0712. The molecule has 0 aliphatic rings. The molecule has 0 radical (unpaired) electrons. The summed E-state index contributed by atoms with van der Waals surface area (Å²) in [7, 11) is 1.67. The highest BCUT2D eigenvalue weighted by Crippen LogP contribution is 2.31. The third-order valence-corrected chi connectivity index (χ3v) is 4.23. The first-order chi connectivity index (χ1) is 9.51. The zero-order valence-electron chi connectivity index (χ0n) is 11.9. The van der Waals surface area contributed by atoms with E-state index >= 15 is 0 Å². The summed E-state index contributed by atoms with van der Waals surface area (Å²) in [5.41, 5.74) is 4.49. The zero-order valence-corrected chi connectivity index (χ0v) is 13.4. The maximum Gasteiger partial charge on any atom is 0.119 e. The van der Waals surface area contributed by atoms with Crippen molar-refractivity contribution in [3.05, 3.63) is 63.7 Å². The van der Waals surface area contributed by atoms with Crippen molar-refractivity contribution in [1.82, 2.24) is 0 Å². The van der Waals surface area contributed by atoms with Crippen LogP contribution in [-0.2, 0) is 6.42 Å². The van der Waals surface area contributed by atoms with E-state index < -0.39 is 0 Å². The van der Waals surface area contributed by atoms with Crippen molar-refractivity contribution in [1.29, 1.82) is 0 Å². The van der Waals surface area contributed by atoms with Crippen LogP contribution in [-0.4, -0.2) is 7.11 Å². The van der Waals surface area contributed by atoms with E-state index in [1.165, 1.54) is 0 Å². The number of hydrogen-bond donors (Lipinski definition) is 0. The summed E-state index contributed by atoms with van der Waals surface area (Å²) in [5.74, 6) is 0.857. The SMILES string of the molecule is COc1cccc(CC(Cl)c2cc(C)c(Cl)cc2C)c1. The molecule has 3 heteroatoms. The van der Waals surface area contributed by atoms with Crippen LogP contribution in [0.2, 0.25) is 5.02 Å². The van der Waals surface area contributed by atoms with Crippen molar-refractivity contribution >= 4 is 23.2 Å². The summed E-state index contributed by atoms with van der Waals surface area (Å²) in [4.78, 5) is 0. The summed E-state index contributed by atoms with van der Waals surface area (Å²) in [6, 6.07) is 12.1. The fourth-order valence-electron chi connectivity index (χ4n) is 2.26. The van der Waals surface area contributed by atoms with Gasteiger partial charge < -0.3 is 4.74 Å². The molecule has 0 aliphatic heterocycles. The largest absolute Gasteiger partial charge is 0.497 e. The van der Waals surface area contributed by atoms with Gasteiger partial charge in [0.15, 0.2) is 0 Å². The van der Waals surface area contributed by atoms with Gasteiger partial charge in [0, 0.05) is 5.02 Å². The van der Waals surface area contributed by atoms with Crippen LogP contribution in [0.1, 0.15) is 27.6 Å². The Morgan fingerprint density at radius 3 is 2.55 bits per heavy atom. The van der Waals surface area contributed by atoms with Crippen molar-refractivity contribution < 1.29 is 4.74 Å². The predicted octanol–water partition coefficient (Wildman–Crippen LogP) is 5.49. The van der Waals surface area contributed by atoms with E-state index in [0.717, 1.165) is 39.4 Å². The van der Waals surface area contributed by atoms with Gasteiger partial charge in [0.25, 0.3) is 0 Å². The van der Waals surface area contributed by atoms with Crippen LogP contribution in [0.3, 0.4) is 0 Å². The van der Waals surface area contributed by atoms with Gasteiger partial charge in [0.2, 0.25) is 0 Å². The Morgan fingerprint density at radius 1 is 1.10 bits per heavy atom. The lowest BCUT2D eigenvalue weighted by molar-refractivity contribution is 0.414. The number of ether oxygens (including phenoxy) is 1. The van der Waals surface area contributed by atoms with Crippen molar-refractivity contribution in [2.45, 2.75) is 25.6 Å². The molecule has 0 saturated heterocycles. The predicted molar refractivity (Wildman–Crippen MR) is 86.2 cm³/mol. The second-order valence-electron chi connectivity index (χ2n) is 4.98. The van der Waals surface area contributed by atoms with Gasteiger partial charge in [-0.25, -0.2) is 0 Å². The molecule has 2 rings (SSSR count). The zero-order chi connectivity index (χ0) is 14.7. The van der Waals surface area contributed by atoms with Gasteiger partial charge in [-0.1, -0.05) is 29.8 Å². The molecule has 1 unspecified atom stereocenters. The molecule has 1 atom stereocenters. The summed E-state index contributed by atoms with van der Waals surface area (Å²) in [6.45, 7) is 4.04. The number of hydrogen-bond acceptors (Lipinski definition) is 1. The van der Waals surface area contributed by atoms with Gasteiger partial charge in [0.1, 0.15) is 5.75 Å². The van der Waals surface area contributed by atoms with Crippen molar-refractivity contribution in [3.63, 3.8) is 0 Å². The molecule has 0 aliphatic carbocycles. The normalized spacial score (nSPS) is 12.2. The van der Waals surface area contributed by atoms with E-state index in [-0.39, 0.29) is 5.38 Å². The average molecular weight is 309 g/mol. The standard InChI is InChI=1S/C17H18Cl2O/c1-11-8-16(18)12(2)7-15(11)17(19)10-13-5-4-6-14(9-13)20-3/h4-9,17H,10H2,1-3H3. The number of alkyl halides is 1. The van der Waals surface area contributed by atoms with E-state index in [1.54, 1.807) is 7.11 Å². The van der Waals surface area contributed by atoms with Crippen LogP contribution in [0.25, 0.3) is 0 Å². The number of aryl methyl sites for hydroxylation is 2. The summed E-state index contributed by atoms with van der Waals surface area (Å²) in [6.07, 6.45) is 0.765. The summed E-state index contributed by atoms with van der Waals surface area (Å²) < 4.78 is 5.24. The summed E-state index contributed by atoms with van der Waals surface area (Å²) in [5, 5.41) is 0.717. The first kappa shape index (κ1) is 15.2. The Kier molecular flexibility index (Phi) is 4.95. The fraction of sp³-hybridized carbons (Fsp3) is 0.294. The van der Waals surface area contributed by atoms with Crippen LogP contribution < -0.4 is 4.74 Å². The summed E-state index contributed by atoms with van der Waals surface area (Å²) >= 11 is 12.7. The van der Waals surface area contributed by atoms with E-state index in [2.05, 4.69) is 12.1 Å². The molecule has 20 heavy (non-hydrogen) atoms. The van der Waals surface area contributed by atoms with E-state index in [9.17, 15) is 0 Å². The van der Waals surface area contributed by atoms with Crippen LogP contribution in [0.4, 0.5) is 0 Å². The molecule has 0 aromatic heterocycles. The number of benzene rings is 2. The van der Waals surface area contributed by atoms with Crippen LogP contribution >= 0.6 is 23.2 Å². The molecule has 2 aromatic carbocycles. The van der Waals surface area contributed by atoms with Crippen molar-refractivity contribution in [2.24, 2.45) is 0 Å². The molecule has 0 N–H and O–H groups in total. The fourth-order valence-corrected chi connectivity index (χ4v) is 2.89. The molecule has 2 aromatic rings. The Labute approximate surface area is 130 Å². The molecule has 0 saturated carbocycles. The molecule has 0 bridgehead atoms. The minimum absolute atomic E-state index is 0.0712. The third-order valence-electron chi connectivity index (χ3n) is 3.43. The van der Waals surface area contributed by atoms with Crippen LogP contribution in [0.15, 0.2) is 36.4 Å². The van der Waals surface area contributed by atoms with Gasteiger partial charge in [-0.05, 0) is 60.7 Å². The number of halogens is 2. The Hall–Kier alpha value is -1.18. The number of methoxy groups -OCH3 is 1. The first-order valence-corrected chi connectivity index (χ1v) is 7.36. The van der Waals surface area contributed by atoms with E-state index in [0.29, 0.717) is 0 Å². The molecule has 0 heterocycles. The molecule has 0 amide bonds. The van der Waals surface area contributed by atoms with Crippen molar-refractivity contribution in [3.8, 4) is 5.75 Å². The number of rotatable bonds is 4. The topological polar surface area (TPSA) is 9.23 Å². The molecule has 0 spiro atoms. The third kappa shape index (κ3) is 3.47. The molecule has 1 nitrogen and oxygen atoms in total. The van der Waals surface area contributed by atoms with Gasteiger partial charge in [0.05, 0.1) is 12.5 Å².